The number of halogens is 1. The standard InChI is InChI=1S/C10H13ClN3/c11-8-6-13-7-9(12)10(8)14-4-2-1-3-5-14/h1,6-7H,2-5,12H2. The number of nitrogen functional groups attached to an aromatic ring is 1. The molecule has 1 aromatic rings. The molecule has 1 fully saturated rings. The molecule has 4 heteroatoms. The van der Waals surface area contributed by atoms with Gasteiger partial charge in [-0.15, -0.1) is 0 Å². The van der Waals surface area contributed by atoms with Crippen LogP contribution in [0.1, 0.15) is 12.8 Å². The Morgan fingerprint density at radius 3 is 2.64 bits per heavy atom. The van der Waals surface area contributed by atoms with Gasteiger partial charge in [-0.05, 0) is 19.3 Å². The van der Waals surface area contributed by atoms with Gasteiger partial charge in [0.1, 0.15) is 0 Å². The average molecular weight is 211 g/mol. The van der Waals surface area contributed by atoms with Crippen LogP contribution in [0, 0.1) is 6.42 Å². The predicted molar refractivity (Wildman–Crippen MR) is 59.4 cm³/mol. The van der Waals surface area contributed by atoms with Crippen LogP contribution < -0.4 is 10.6 Å². The Hall–Kier alpha value is -0.960. The fourth-order valence-electron chi connectivity index (χ4n) is 1.75. The topological polar surface area (TPSA) is 42.1 Å². The van der Waals surface area contributed by atoms with Crippen molar-refractivity contribution >= 4 is 23.0 Å². The summed E-state index contributed by atoms with van der Waals surface area (Å²) in [6, 6.07) is 0. The summed E-state index contributed by atoms with van der Waals surface area (Å²) in [5, 5.41) is 0.645. The van der Waals surface area contributed by atoms with Crippen LogP contribution in [-0.4, -0.2) is 18.1 Å². The lowest BCUT2D eigenvalue weighted by Gasteiger charge is -2.30. The molecule has 0 bridgehead atoms. The zero-order valence-corrected chi connectivity index (χ0v) is 8.67. The van der Waals surface area contributed by atoms with Crippen LogP contribution in [-0.2, 0) is 0 Å². The second-order valence-electron chi connectivity index (χ2n) is 3.41. The minimum absolute atomic E-state index is 0.645. The van der Waals surface area contributed by atoms with Crippen molar-refractivity contribution in [3.8, 4) is 0 Å². The third kappa shape index (κ3) is 1.77. The summed E-state index contributed by atoms with van der Waals surface area (Å²) < 4.78 is 0. The average Bonchev–Trinajstić information content (AvgIpc) is 2.19. The van der Waals surface area contributed by atoms with E-state index in [-0.39, 0.29) is 0 Å². The molecule has 0 amide bonds. The van der Waals surface area contributed by atoms with Gasteiger partial charge >= 0.3 is 0 Å². The molecular weight excluding hydrogens is 198 g/mol. The maximum absolute atomic E-state index is 6.07. The van der Waals surface area contributed by atoms with E-state index in [2.05, 4.69) is 16.3 Å². The quantitative estimate of drug-likeness (QED) is 0.772. The van der Waals surface area contributed by atoms with Gasteiger partial charge in [-0.2, -0.15) is 0 Å². The van der Waals surface area contributed by atoms with E-state index in [1.165, 1.54) is 0 Å². The highest BCUT2D eigenvalue weighted by Crippen LogP contribution is 2.32. The molecule has 14 heavy (non-hydrogen) atoms. The Morgan fingerprint density at radius 2 is 2.00 bits per heavy atom. The Kier molecular flexibility index (Phi) is 2.77. The summed E-state index contributed by atoms with van der Waals surface area (Å²) in [6.07, 6.45) is 7.78. The highest BCUT2D eigenvalue weighted by Gasteiger charge is 2.16. The van der Waals surface area contributed by atoms with Gasteiger partial charge in [0.2, 0.25) is 0 Å². The van der Waals surface area contributed by atoms with E-state index < -0.39 is 0 Å². The molecule has 1 aliphatic heterocycles. The third-order valence-corrected chi connectivity index (χ3v) is 2.70. The van der Waals surface area contributed by atoms with Crippen molar-refractivity contribution < 1.29 is 0 Å². The van der Waals surface area contributed by atoms with Crippen molar-refractivity contribution in [3.63, 3.8) is 0 Å². The third-order valence-electron chi connectivity index (χ3n) is 2.42. The maximum atomic E-state index is 6.07. The molecule has 0 saturated carbocycles. The van der Waals surface area contributed by atoms with Gasteiger partial charge < -0.3 is 10.6 Å². The fourth-order valence-corrected chi connectivity index (χ4v) is 2.04. The number of aromatic nitrogens is 1. The number of anilines is 2. The van der Waals surface area contributed by atoms with E-state index in [4.69, 9.17) is 17.3 Å². The van der Waals surface area contributed by atoms with Gasteiger partial charge in [-0.3, -0.25) is 4.98 Å². The molecule has 3 nitrogen and oxygen atoms in total. The number of piperidine rings is 1. The molecule has 2 heterocycles. The van der Waals surface area contributed by atoms with Crippen LogP contribution >= 0.6 is 11.6 Å². The summed E-state index contributed by atoms with van der Waals surface area (Å²) in [5.74, 6) is 0. The zero-order chi connectivity index (χ0) is 9.97. The highest BCUT2D eigenvalue weighted by atomic mass is 35.5. The lowest BCUT2D eigenvalue weighted by molar-refractivity contribution is 0.679. The molecule has 0 aliphatic carbocycles. The van der Waals surface area contributed by atoms with Crippen LogP contribution in [0.3, 0.4) is 0 Å². The van der Waals surface area contributed by atoms with Crippen molar-refractivity contribution in [2.75, 3.05) is 23.7 Å². The smallest absolute Gasteiger partial charge is 0.0843 e. The van der Waals surface area contributed by atoms with Crippen molar-refractivity contribution in [1.29, 1.82) is 0 Å². The van der Waals surface area contributed by atoms with Crippen molar-refractivity contribution in [1.82, 2.24) is 4.98 Å². The number of hydrogen-bond donors (Lipinski definition) is 1. The lowest BCUT2D eigenvalue weighted by Crippen LogP contribution is -2.30. The first-order valence-corrected chi connectivity index (χ1v) is 5.12. The van der Waals surface area contributed by atoms with Gasteiger partial charge in [0.15, 0.2) is 0 Å². The molecule has 2 N–H and O–H groups in total. The molecule has 1 aliphatic rings. The number of nitrogens with zero attached hydrogens (tertiary/aromatic N) is 2. The summed E-state index contributed by atoms with van der Waals surface area (Å²) in [6.45, 7) is 1.99. The van der Waals surface area contributed by atoms with Crippen molar-refractivity contribution in [3.05, 3.63) is 23.8 Å². The van der Waals surface area contributed by atoms with Crippen LogP contribution in [0.5, 0.6) is 0 Å². The number of rotatable bonds is 1. The Bertz CT molecular complexity index is 301. The summed E-state index contributed by atoms with van der Waals surface area (Å²) in [7, 11) is 0. The minimum Gasteiger partial charge on any atom is -0.396 e. The van der Waals surface area contributed by atoms with Gasteiger partial charge in [0, 0.05) is 19.3 Å². The molecule has 75 valence electrons. The van der Waals surface area contributed by atoms with Crippen LogP contribution in [0.4, 0.5) is 11.4 Å². The summed E-state index contributed by atoms with van der Waals surface area (Å²) in [4.78, 5) is 6.17. The van der Waals surface area contributed by atoms with E-state index in [0.29, 0.717) is 10.7 Å². The lowest BCUT2D eigenvalue weighted by atomic mass is 10.1. The van der Waals surface area contributed by atoms with E-state index in [1.807, 2.05) is 0 Å². The van der Waals surface area contributed by atoms with Crippen LogP contribution in [0.25, 0.3) is 0 Å². The first-order chi connectivity index (χ1) is 6.79. The normalized spacial score (nSPS) is 17.1. The molecule has 0 spiro atoms. The first-order valence-electron chi connectivity index (χ1n) is 4.74. The van der Waals surface area contributed by atoms with Gasteiger partial charge in [-0.25, -0.2) is 0 Å². The predicted octanol–water partition coefficient (Wildman–Crippen LogP) is 2.12. The molecular formula is C10H13ClN3. The Labute approximate surface area is 88.9 Å². The van der Waals surface area contributed by atoms with E-state index >= 15 is 0 Å². The van der Waals surface area contributed by atoms with Gasteiger partial charge in [0.05, 0.1) is 22.6 Å². The molecule has 1 radical (unpaired) electrons. The van der Waals surface area contributed by atoms with E-state index in [1.54, 1.807) is 12.4 Å². The second-order valence-corrected chi connectivity index (χ2v) is 3.82. The molecule has 0 atom stereocenters. The second kappa shape index (κ2) is 4.05. The first kappa shape index (κ1) is 9.59. The van der Waals surface area contributed by atoms with Gasteiger partial charge in [0.25, 0.3) is 0 Å². The summed E-state index contributed by atoms with van der Waals surface area (Å²) >= 11 is 6.07. The monoisotopic (exact) mass is 210 g/mol. The van der Waals surface area contributed by atoms with E-state index in [0.717, 1.165) is 31.6 Å². The van der Waals surface area contributed by atoms with E-state index in [9.17, 15) is 0 Å². The SMILES string of the molecule is Nc1cncc(Cl)c1N1CC[CH]CC1. The largest absolute Gasteiger partial charge is 0.396 e. The van der Waals surface area contributed by atoms with Crippen molar-refractivity contribution in [2.24, 2.45) is 0 Å². The van der Waals surface area contributed by atoms with Crippen LogP contribution in [0.15, 0.2) is 12.4 Å². The van der Waals surface area contributed by atoms with Gasteiger partial charge in [-0.1, -0.05) is 11.6 Å². The Morgan fingerprint density at radius 1 is 1.29 bits per heavy atom. The Balaban J connectivity index is 2.29. The molecule has 1 aromatic heterocycles. The molecule has 1 saturated heterocycles. The van der Waals surface area contributed by atoms with Crippen molar-refractivity contribution in [2.45, 2.75) is 12.8 Å². The number of pyridine rings is 1. The molecule has 0 aromatic carbocycles. The fraction of sp³-hybridized carbons (Fsp3) is 0.400. The van der Waals surface area contributed by atoms with Crippen LogP contribution in [0.2, 0.25) is 5.02 Å². The highest BCUT2D eigenvalue weighted by molar-refractivity contribution is 6.33. The maximum Gasteiger partial charge on any atom is 0.0843 e. The number of hydrogen-bond acceptors (Lipinski definition) is 3. The zero-order valence-electron chi connectivity index (χ0n) is 7.91. The summed E-state index contributed by atoms with van der Waals surface area (Å²) in [5.41, 5.74) is 7.46. The molecule has 0 unspecified atom stereocenters. The minimum atomic E-state index is 0.645. The number of nitrogens with two attached hydrogens (primary N) is 1. The molecule has 2 rings (SSSR count).